The van der Waals surface area contributed by atoms with Crippen LogP contribution in [0.15, 0.2) is 18.2 Å². The van der Waals surface area contributed by atoms with Gasteiger partial charge in [0.2, 0.25) is 15.9 Å². The lowest BCUT2D eigenvalue weighted by Gasteiger charge is -2.26. The number of benzene rings is 1. The van der Waals surface area contributed by atoms with Crippen molar-refractivity contribution in [2.45, 2.75) is 29.8 Å². The van der Waals surface area contributed by atoms with Gasteiger partial charge in [-0.25, -0.2) is 0 Å². The van der Waals surface area contributed by atoms with Crippen LogP contribution in [0.3, 0.4) is 0 Å². The van der Waals surface area contributed by atoms with E-state index in [1.165, 1.54) is 0 Å². The second kappa shape index (κ2) is 8.32. The van der Waals surface area contributed by atoms with Crippen molar-refractivity contribution in [2.24, 2.45) is 0 Å². The minimum atomic E-state index is -2.13. The van der Waals surface area contributed by atoms with E-state index in [4.69, 9.17) is 39.5 Å². The fourth-order valence-corrected chi connectivity index (χ4v) is 1.91. The molecule has 0 aliphatic rings. The van der Waals surface area contributed by atoms with Gasteiger partial charge in [-0.15, -0.1) is 0 Å². The van der Waals surface area contributed by atoms with Crippen LogP contribution in [0, 0.1) is 20.2 Å². The molecule has 0 unspecified atom stereocenters. The molecule has 1 N–H and O–H groups in total. The summed E-state index contributed by atoms with van der Waals surface area (Å²) in [7, 11) is 0. The van der Waals surface area contributed by atoms with Crippen LogP contribution in [-0.4, -0.2) is 25.8 Å². The van der Waals surface area contributed by atoms with Crippen LogP contribution >= 0.6 is 34.8 Å². The molecule has 0 fully saturated rings. The third-order valence-electron chi connectivity index (χ3n) is 2.66. The molecule has 1 aromatic carbocycles. The first-order valence-electron chi connectivity index (χ1n) is 6.51. The van der Waals surface area contributed by atoms with E-state index in [1.807, 2.05) is 0 Å². The monoisotopic (exact) mass is 399 g/mol. The Kier molecular flexibility index (Phi) is 7.00. The number of nitrogens with one attached hydrogen (secondary N) is 1. The van der Waals surface area contributed by atoms with Crippen LogP contribution in [0.5, 0.6) is 5.75 Å². The maximum atomic E-state index is 11.7. The molecule has 1 rings (SSSR count). The van der Waals surface area contributed by atoms with Gasteiger partial charge in [-0.05, 0) is 12.5 Å². The molecule has 12 heteroatoms. The summed E-state index contributed by atoms with van der Waals surface area (Å²) in [6, 6.07) is 2.69. The zero-order valence-corrected chi connectivity index (χ0v) is 14.5. The van der Waals surface area contributed by atoms with Crippen LogP contribution in [-0.2, 0) is 4.79 Å². The maximum Gasteiger partial charge on any atom is 0.317 e. The second-order valence-corrected chi connectivity index (χ2v) is 6.89. The zero-order valence-electron chi connectivity index (χ0n) is 12.2. The van der Waals surface area contributed by atoms with Gasteiger partial charge >= 0.3 is 5.69 Å². The zero-order chi connectivity index (χ0) is 18.5. The van der Waals surface area contributed by atoms with Crippen molar-refractivity contribution in [3.05, 3.63) is 38.4 Å². The molecule has 0 aliphatic heterocycles. The number of carbonyl (C=O) groups excluding carboxylic acids is 1. The smallest absolute Gasteiger partial charge is 0.317 e. The summed E-state index contributed by atoms with van der Waals surface area (Å²) in [6.07, 6.45) is -0.874. The normalized spacial score (nSPS) is 12.3. The fourth-order valence-electron chi connectivity index (χ4n) is 1.61. The van der Waals surface area contributed by atoms with Crippen molar-refractivity contribution in [1.82, 2.24) is 5.32 Å². The third-order valence-corrected chi connectivity index (χ3v) is 3.26. The highest BCUT2D eigenvalue weighted by Crippen LogP contribution is 2.36. The summed E-state index contributed by atoms with van der Waals surface area (Å²) in [4.78, 5) is 31.8. The molecule has 0 aromatic heterocycles. The minimum absolute atomic E-state index is 0.128. The highest BCUT2D eigenvalue weighted by Gasteiger charge is 2.37. The Balaban J connectivity index is 3.15. The van der Waals surface area contributed by atoms with Crippen LogP contribution in [0.25, 0.3) is 0 Å². The molecule has 1 atom stereocenters. The van der Waals surface area contributed by atoms with Gasteiger partial charge in [-0.3, -0.25) is 25.0 Å². The summed E-state index contributed by atoms with van der Waals surface area (Å²) in [6.45, 7) is 1.76. The first kappa shape index (κ1) is 20.2. The summed E-state index contributed by atoms with van der Waals surface area (Å²) < 4.78 is 3.11. The molecule has 0 radical (unpaired) electrons. The van der Waals surface area contributed by atoms with Gasteiger partial charge in [0.25, 0.3) is 5.69 Å². The van der Waals surface area contributed by atoms with Crippen LogP contribution < -0.4 is 10.1 Å². The topological polar surface area (TPSA) is 125 Å². The van der Waals surface area contributed by atoms with Gasteiger partial charge in [0.05, 0.1) is 15.9 Å². The predicted molar refractivity (Wildman–Crippen MR) is 87.5 cm³/mol. The molecule has 0 saturated heterocycles. The third kappa shape index (κ3) is 5.66. The number of nitro benzene ring substituents is 2. The Hall–Kier alpha value is -1.84. The molecule has 0 heterocycles. The standard InChI is InChI=1S/C12H12Cl3N3O6/c1-2-3-10(19)16-11(12(13,14)15)24-9-5-4-7(17(20)21)6-8(9)18(22)23/h4-6,11H,2-3H2,1H3,(H,16,19)/t11-/m0/s1. The molecule has 1 aromatic rings. The van der Waals surface area contributed by atoms with E-state index in [-0.39, 0.29) is 6.42 Å². The number of amides is 1. The molecule has 1 amide bonds. The Morgan fingerprint density at radius 1 is 1.29 bits per heavy atom. The van der Waals surface area contributed by atoms with Crippen molar-refractivity contribution < 1.29 is 19.4 Å². The van der Waals surface area contributed by atoms with E-state index in [2.05, 4.69) is 5.32 Å². The lowest BCUT2D eigenvalue weighted by molar-refractivity contribution is -0.394. The van der Waals surface area contributed by atoms with E-state index in [0.29, 0.717) is 12.5 Å². The van der Waals surface area contributed by atoms with Gasteiger partial charge in [0.15, 0.2) is 5.75 Å². The lowest BCUT2D eigenvalue weighted by atomic mass is 10.2. The number of alkyl halides is 3. The minimum Gasteiger partial charge on any atom is -0.459 e. The van der Waals surface area contributed by atoms with Crippen LogP contribution in [0.1, 0.15) is 19.8 Å². The van der Waals surface area contributed by atoms with Gasteiger partial charge in [-0.2, -0.15) is 0 Å². The fraction of sp³-hybridized carbons (Fsp3) is 0.417. The Morgan fingerprint density at radius 2 is 1.92 bits per heavy atom. The van der Waals surface area contributed by atoms with E-state index in [0.717, 1.165) is 12.1 Å². The van der Waals surface area contributed by atoms with Crippen molar-refractivity contribution in [1.29, 1.82) is 0 Å². The average molecular weight is 401 g/mol. The average Bonchev–Trinajstić information content (AvgIpc) is 2.45. The van der Waals surface area contributed by atoms with Crippen molar-refractivity contribution in [3.8, 4) is 5.75 Å². The van der Waals surface area contributed by atoms with E-state index < -0.39 is 42.9 Å². The SMILES string of the molecule is CCCC(=O)N[C@@H](Oc1ccc([N+](=O)[O-])cc1[N+](=O)[O-])C(Cl)(Cl)Cl. The summed E-state index contributed by atoms with van der Waals surface area (Å²) in [5.41, 5.74) is -1.21. The Morgan fingerprint density at radius 3 is 2.38 bits per heavy atom. The number of rotatable bonds is 7. The van der Waals surface area contributed by atoms with Crippen molar-refractivity contribution in [2.75, 3.05) is 0 Å². The number of hydrogen-bond donors (Lipinski definition) is 1. The molecule has 9 nitrogen and oxygen atoms in total. The number of ether oxygens (including phenoxy) is 1. The summed E-state index contributed by atoms with van der Waals surface area (Å²) in [5, 5.41) is 24.1. The van der Waals surface area contributed by atoms with Gasteiger partial charge in [0.1, 0.15) is 0 Å². The highest BCUT2D eigenvalue weighted by atomic mass is 35.6. The molecule has 0 aliphatic carbocycles. The number of nitro groups is 2. The van der Waals surface area contributed by atoms with Crippen LogP contribution in [0.2, 0.25) is 0 Å². The summed E-state index contributed by atoms with van der Waals surface area (Å²) in [5.74, 6) is -0.878. The predicted octanol–water partition coefficient (Wildman–Crippen LogP) is 3.49. The highest BCUT2D eigenvalue weighted by molar-refractivity contribution is 6.68. The first-order chi connectivity index (χ1) is 11.1. The quantitative estimate of drug-likeness (QED) is 0.323. The molecular formula is C12H12Cl3N3O6. The lowest BCUT2D eigenvalue weighted by Crippen LogP contribution is -2.47. The Bertz CT molecular complexity index is 649. The van der Waals surface area contributed by atoms with E-state index >= 15 is 0 Å². The molecule has 0 bridgehead atoms. The van der Waals surface area contributed by atoms with Gasteiger partial charge in [0, 0.05) is 12.5 Å². The Labute approximate surface area is 151 Å². The first-order valence-corrected chi connectivity index (χ1v) is 7.65. The molecular weight excluding hydrogens is 389 g/mol. The maximum absolute atomic E-state index is 11.7. The van der Waals surface area contributed by atoms with E-state index in [9.17, 15) is 25.0 Å². The van der Waals surface area contributed by atoms with Crippen molar-refractivity contribution in [3.63, 3.8) is 0 Å². The molecule has 24 heavy (non-hydrogen) atoms. The molecule has 0 spiro atoms. The van der Waals surface area contributed by atoms with Crippen molar-refractivity contribution >= 4 is 52.1 Å². The number of carbonyl (C=O) groups is 1. The van der Waals surface area contributed by atoms with Gasteiger partial charge in [-0.1, -0.05) is 41.7 Å². The number of hydrogen-bond acceptors (Lipinski definition) is 6. The molecule has 0 saturated carbocycles. The van der Waals surface area contributed by atoms with Crippen LogP contribution in [0.4, 0.5) is 11.4 Å². The largest absolute Gasteiger partial charge is 0.459 e. The number of nitrogens with zero attached hydrogens (tertiary/aromatic N) is 2. The number of non-ortho nitro benzene ring substituents is 1. The molecule has 132 valence electrons. The van der Waals surface area contributed by atoms with Gasteiger partial charge < -0.3 is 10.1 Å². The number of halogens is 3. The second-order valence-electron chi connectivity index (χ2n) is 4.52. The van der Waals surface area contributed by atoms with E-state index in [1.54, 1.807) is 6.92 Å². The summed E-state index contributed by atoms with van der Waals surface area (Å²) >= 11 is 17.2.